The van der Waals surface area contributed by atoms with E-state index in [1.165, 1.54) is 11.3 Å². The number of cyclic esters (lactones) is 1. The Labute approximate surface area is 138 Å². The number of Topliss-reactive ketones (excluding diaryl/α,β-unsaturated/α-hetero) is 1. The number of nitrogens with zero attached hydrogens (tertiary/aromatic N) is 2. The first-order valence-electron chi connectivity index (χ1n) is 6.90. The summed E-state index contributed by atoms with van der Waals surface area (Å²) in [5.74, 6) is -0.435. The maximum absolute atomic E-state index is 12.3. The molecule has 2 heterocycles. The van der Waals surface area contributed by atoms with Crippen LogP contribution in [0.1, 0.15) is 39.5 Å². The summed E-state index contributed by atoms with van der Waals surface area (Å²) in [6, 6.07) is 0. The van der Waals surface area contributed by atoms with Gasteiger partial charge in [0, 0.05) is 6.42 Å². The number of carbonyl (C=O) groups is 2. The highest BCUT2D eigenvalue weighted by atomic mass is 79.9. The van der Waals surface area contributed by atoms with E-state index < -0.39 is 5.60 Å². The third-order valence-electron chi connectivity index (χ3n) is 3.63. The molecule has 2 rings (SSSR count). The van der Waals surface area contributed by atoms with Gasteiger partial charge in [0.1, 0.15) is 12.1 Å². The van der Waals surface area contributed by atoms with E-state index in [4.69, 9.17) is 4.74 Å². The second-order valence-electron chi connectivity index (χ2n) is 5.30. The Morgan fingerprint density at radius 1 is 1.62 bits per heavy atom. The first-order valence-corrected chi connectivity index (χ1v) is 7.78. The molecule has 1 fully saturated rings. The molecule has 0 aliphatic carbocycles. The van der Waals surface area contributed by atoms with E-state index in [-0.39, 0.29) is 41.2 Å². The molecular weight excluding hydrogens is 358 g/mol. The van der Waals surface area contributed by atoms with Gasteiger partial charge in [0.2, 0.25) is 5.78 Å². The van der Waals surface area contributed by atoms with E-state index in [0.29, 0.717) is 11.6 Å². The normalized spacial score (nSPS) is 24.5. The molecule has 0 bridgehead atoms. The summed E-state index contributed by atoms with van der Waals surface area (Å²) >= 11 is 1.38. The third kappa shape index (κ3) is 4.55. The molecule has 0 amide bonds. The first-order chi connectivity index (χ1) is 9.55. The lowest BCUT2D eigenvalue weighted by atomic mass is 9.89. The van der Waals surface area contributed by atoms with Crippen molar-refractivity contribution in [2.75, 3.05) is 6.54 Å². The number of quaternary nitrogens is 1. The van der Waals surface area contributed by atoms with Crippen molar-refractivity contribution >= 4 is 28.2 Å². The highest BCUT2D eigenvalue weighted by Gasteiger charge is 2.48. The Morgan fingerprint density at radius 3 is 3.00 bits per heavy atom. The number of carbonyl (C=O) groups excluding carboxylic acids is 2. The maximum Gasteiger partial charge on any atom is 0.310 e. The number of hydrogen-bond acceptors (Lipinski definition) is 6. The van der Waals surface area contributed by atoms with Gasteiger partial charge in [-0.2, -0.15) is 0 Å². The maximum atomic E-state index is 12.3. The molecule has 21 heavy (non-hydrogen) atoms. The molecule has 118 valence electrons. The molecule has 2 atom stereocenters. The molecule has 0 saturated carbocycles. The van der Waals surface area contributed by atoms with Crippen molar-refractivity contribution in [3.05, 3.63) is 5.51 Å². The van der Waals surface area contributed by atoms with Crippen LogP contribution in [0.4, 0.5) is 5.13 Å². The number of aromatic nitrogens is 2. The van der Waals surface area contributed by atoms with Crippen LogP contribution in [0.3, 0.4) is 0 Å². The molecule has 0 spiro atoms. The fourth-order valence-corrected chi connectivity index (χ4v) is 2.88. The van der Waals surface area contributed by atoms with Gasteiger partial charge in [0.15, 0.2) is 5.60 Å². The van der Waals surface area contributed by atoms with Crippen LogP contribution in [0.15, 0.2) is 5.51 Å². The summed E-state index contributed by atoms with van der Waals surface area (Å²) in [5, 5.41) is 10.0. The summed E-state index contributed by atoms with van der Waals surface area (Å²) in [6.07, 6.45) is 3.33. The fraction of sp³-hybridized carbons (Fsp3) is 0.692. The Bertz CT molecular complexity index is 483. The Kier molecular flexibility index (Phi) is 6.89. The van der Waals surface area contributed by atoms with Crippen LogP contribution in [0.5, 0.6) is 0 Å². The number of unbranched alkanes of at least 4 members (excludes halogenated alkanes) is 1. The average Bonchev–Trinajstić information content (AvgIpc) is 3.02. The second kappa shape index (κ2) is 7.95. The van der Waals surface area contributed by atoms with Gasteiger partial charge in [-0.3, -0.25) is 14.9 Å². The van der Waals surface area contributed by atoms with Crippen molar-refractivity contribution in [1.29, 1.82) is 0 Å². The minimum absolute atomic E-state index is 0. The van der Waals surface area contributed by atoms with Gasteiger partial charge in [-0.1, -0.05) is 24.9 Å². The zero-order valence-corrected chi connectivity index (χ0v) is 14.6. The minimum Gasteiger partial charge on any atom is -1.00 e. The van der Waals surface area contributed by atoms with Crippen LogP contribution < -0.4 is 22.3 Å². The van der Waals surface area contributed by atoms with Crippen LogP contribution in [-0.2, 0) is 14.3 Å². The number of rotatable bonds is 7. The molecule has 6 nitrogen and oxygen atoms in total. The van der Waals surface area contributed by atoms with Crippen molar-refractivity contribution in [3.63, 3.8) is 0 Å². The topological polar surface area (TPSA) is 85.8 Å². The molecule has 8 heteroatoms. The molecule has 1 aliphatic rings. The standard InChI is InChI=1S/C13H19N3O3S.BrH/c1-3-4-5-9-6-13(2,19-11(9)18)10(17)7-14-12-16-15-8-20-12;/h8-9H,3-7H2,1-2H3,(H,14,16);1H. The quantitative estimate of drug-likeness (QED) is 0.546. The largest absolute Gasteiger partial charge is 1.00 e. The highest BCUT2D eigenvalue weighted by Crippen LogP contribution is 2.34. The highest BCUT2D eigenvalue weighted by molar-refractivity contribution is 7.12. The van der Waals surface area contributed by atoms with Gasteiger partial charge in [0.05, 0.1) is 5.92 Å². The molecule has 2 unspecified atom stereocenters. The van der Waals surface area contributed by atoms with E-state index in [9.17, 15) is 9.59 Å². The van der Waals surface area contributed by atoms with Gasteiger partial charge in [-0.15, -0.1) is 5.10 Å². The summed E-state index contributed by atoms with van der Waals surface area (Å²) in [4.78, 5) is 24.1. The van der Waals surface area contributed by atoms with Crippen molar-refractivity contribution in [1.82, 2.24) is 10.2 Å². The molecule has 1 aliphatic heterocycles. The lowest BCUT2D eigenvalue weighted by Crippen LogP contribution is -3.00. The minimum atomic E-state index is -0.976. The smallest absolute Gasteiger partial charge is 0.310 e. The lowest BCUT2D eigenvalue weighted by Gasteiger charge is -2.19. The van der Waals surface area contributed by atoms with Crippen molar-refractivity contribution < 1.29 is 36.6 Å². The summed E-state index contributed by atoms with van der Waals surface area (Å²) in [7, 11) is 0. The third-order valence-corrected chi connectivity index (χ3v) is 4.32. The number of ether oxygens (including phenoxy) is 1. The van der Waals surface area contributed by atoms with Gasteiger partial charge in [-0.05, 0) is 24.7 Å². The zero-order valence-electron chi connectivity index (χ0n) is 12.2. The summed E-state index contributed by atoms with van der Waals surface area (Å²) < 4.78 is 5.35. The van der Waals surface area contributed by atoms with Crippen LogP contribution >= 0.6 is 11.3 Å². The molecular formula is C13H20BrN3O3S. The molecule has 2 N–H and O–H groups in total. The van der Waals surface area contributed by atoms with Crippen molar-refractivity contribution in [2.24, 2.45) is 5.92 Å². The molecule has 0 radical (unpaired) electrons. The SMILES string of the molecule is CCCCC1CC(C)(C(=O)C[NH2+]c2nncs2)OC1=O.[Br-]. The Balaban J connectivity index is 0.00000220. The van der Waals surface area contributed by atoms with E-state index in [2.05, 4.69) is 17.1 Å². The van der Waals surface area contributed by atoms with E-state index >= 15 is 0 Å². The molecule has 1 saturated heterocycles. The monoisotopic (exact) mass is 377 g/mol. The molecule has 1 aromatic rings. The lowest BCUT2D eigenvalue weighted by molar-refractivity contribution is -0.559. The first kappa shape index (κ1) is 18.2. The van der Waals surface area contributed by atoms with Gasteiger partial charge < -0.3 is 21.7 Å². The summed E-state index contributed by atoms with van der Waals surface area (Å²) in [6.45, 7) is 4.02. The van der Waals surface area contributed by atoms with Crippen LogP contribution in [-0.4, -0.2) is 34.1 Å². The number of esters is 1. The molecule has 0 aromatic carbocycles. The van der Waals surface area contributed by atoms with Crippen LogP contribution in [0.2, 0.25) is 0 Å². The number of hydrogen-bond donors (Lipinski definition) is 1. The number of ketones is 1. The van der Waals surface area contributed by atoms with Gasteiger partial charge in [-0.25, -0.2) is 0 Å². The van der Waals surface area contributed by atoms with E-state index in [1.807, 2.05) is 0 Å². The van der Waals surface area contributed by atoms with E-state index in [0.717, 1.165) is 19.3 Å². The average molecular weight is 378 g/mol. The fourth-order valence-electron chi connectivity index (χ4n) is 2.41. The van der Waals surface area contributed by atoms with Crippen LogP contribution in [0, 0.1) is 5.92 Å². The van der Waals surface area contributed by atoms with Crippen molar-refractivity contribution in [2.45, 2.75) is 45.1 Å². The summed E-state index contributed by atoms with van der Waals surface area (Å²) in [5.41, 5.74) is 0.644. The number of nitrogens with two attached hydrogens (primary N) is 1. The van der Waals surface area contributed by atoms with Gasteiger partial charge in [0.25, 0.3) is 0 Å². The van der Waals surface area contributed by atoms with Crippen molar-refractivity contribution in [3.8, 4) is 0 Å². The zero-order chi connectivity index (χ0) is 14.6. The van der Waals surface area contributed by atoms with Gasteiger partial charge >= 0.3 is 11.1 Å². The predicted molar refractivity (Wildman–Crippen MR) is 73.5 cm³/mol. The predicted octanol–water partition coefficient (Wildman–Crippen LogP) is -2.18. The Morgan fingerprint density at radius 2 is 2.38 bits per heavy atom. The van der Waals surface area contributed by atoms with E-state index in [1.54, 1.807) is 17.8 Å². The number of halogens is 1. The Hall–Kier alpha value is -0.860. The van der Waals surface area contributed by atoms with Crippen LogP contribution in [0.25, 0.3) is 0 Å². The molecule has 1 aromatic heterocycles. The second-order valence-corrected chi connectivity index (χ2v) is 6.17.